The van der Waals surface area contributed by atoms with Crippen molar-refractivity contribution >= 4 is 38.9 Å². The highest BCUT2D eigenvalue weighted by atomic mass is 35.5. The summed E-state index contributed by atoms with van der Waals surface area (Å²) in [7, 11) is -3.77. The van der Waals surface area contributed by atoms with Gasteiger partial charge in [-0.3, -0.25) is 4.79 Å². The first-order chi connectivity index (χ1) is 16.8. The van der Waals surface area contributed by atoms with Crippen molar-refractivity contribution < 1.29 is 17.9 Å². The number of thiophene rings is 1. The van der Waals surface area contributed by atoms with Crippen LogP contribution >= 0.6 is 22.9 Å². The SMILES string of the molecule is Cc1ccc(S(=O)(=O)N(CC(=O)N2CCc3sccc3[C@H]2COc2ccc(Cl)cc2)C2CC2)cc1. The van der Waals surface area contributed by atoms with Crippen LogP contribution in [-0.2, 0) is 21.2 Å². The average Bonchev–Trinajstić information content (AvgIpc) is 3.57. The molecule has 1 saturated carbocycles. The summed E-state index contributed by atoms with van der Waals surface area (Å²) < 4.78 is 34.3. The molecule has 0 saturated heterocycles. The number of hydrogen-bond acceptors (Lipinski definition) is 5. The first kappa shape index (κ1) is 24.3. The summed E-state index contributed by atoms with van der Waals surface area (Å²) in [6, 6.07) is 15.6. The molecule has 0 radical (unpaired) electrons. The first-order valence-corrected chi connectivity index (χ1v) is 14.4. The quantitative estimate of drug-likeness (QED) is 0.408. The van der Waals surface area contributed by atoms with Crippen LogP contribution in [0.2, 0.25) is 5.02 Å². The van der Waals surface area contributed by atoms with Crippen molar-refractivity contribution in [3.63, 3.8) is 0 Å². The van der Waals surface area contributed by atoms with Crippen molar-refractivity contribution in [3.8, 4) is 5.75 Å². The van der Waals surface area contributed by atoms with Gasteiger partial charge in [-0.2, -0.15) is 4.31 Å². The van der Waals surface area contributed by atoms with Gasteiger partial charge in [0.25, 0.3) is 0 Å². The van der Waals surface area contributed by atoms with Crippen molar-refractivity contribution in [2.45, 2.75) is 43.2 Å². The Bertz CT molecular complexity index is 1300. The molecule has 184 valence electrons. The lowest BCUT2D eigenvalue weighted by Gasteiger charge is -2.37. The summed E-state index contributed by atoms with van der Waals surface area (Å²) in [4.78, 5) is 16.9. The fourth-order valence-corrected chi connectivity index (χ4v) is 7.11. The summed E-state index contributed by atoms with van der Waals surface area (Å²) in [5.41, 5.74) is 2.06. The molecule has 2 heterocycles. The number of hydrogen-bond donors (Lipinski definition) is 0. The zero-order valence-electron chi connectivity index (χ0n) is 19.4. The lowest BCUT2D eigenvalue weighted by atomic mass is 10.0. The predicted octanol–water partition coefficient (Wildman–Crippen LogP) is 5.07. The highest BCUT2D eigenvalue weighted by molar-refractivity contribution is 7.89. The van der Waals surface area contributed by atoms with Gasteiger partial charge in [-0.25, -0.2) is 8.42 Å². The number of aryl methyl sites for hydroxylation is 1. The van der Waals surface area contributed by atoms with Gasteiger partial charge < -0.3 is 9.64 Å². The minimum Gasteiger partial charge on any atom is -0.491 e. The number of nitrogens with zero attached hydrogens (tertiary/aromatic N) is 2. The predicted molar refractivity (Wildman–Crippen MR) is 138 cm³/mol. The van der Waals surface area contributed by atoms with Gasteiger partial charge in [0, 0.05) is 22.5 Å². The molecule has 0 unspecified atom stereocenters. The Labute approximate surface area is 215 Å². The lowest BCUT2D eigenvalue weighted by Crippen LogP contribution is -2.48. The Morgan fingerprint density at radius 3 is 2.51 bits per heavy atom. The fraction of sp³-hybridized carbons (Fsp3) is 0.346. The summed E-state index contributed by atoms with van der Waals surface area (Å²) in [5, 5.41) is 2.66. The molecule has 0 bridgehead atoms. The highest BCUT2D eigenvalue weighted by Gasteiger charge is 2.41. The monoisotopic (exact) mass is 530 g/mol. The minimum absolute atomic E-state index is 0.129. The minimum atomic E-state index is -3.77. The third-order valence-electron chi connectivity index (χ3n) is 6.51. The zero-order chi connectivity index (χ0) is 24.6. The molecule has 1 amide bonds. The van der Waals surface area contributed by atoms with E-state index in [1.807, 2.05) is 18.4 Å². The van der Waals surface area contributed by atoms with Crippen LogP contribution in [0.4, 0.5) is 0 Å². The number of benzene rings is 2. The molecule has 3 aromatic rings. The number of rotatable bonds is 8. The van der Waals surface area contributed by atoms with E-state index in [0.29, 0.717) is 17.3 Å². The second-order valence-corrected chi connectivity index (χ2v) is 12.3. The van der Waals surface area contributed by atoms with Crippen molar-refractivity contribution in [3.05, 3.63) is 81.0 Å². The third-order valence-corrected chi connectivity index (χ3v) is 9.67. The highest BCUT2D eigenvalue weighted by Crippen LogP contribution is 2.36. The molecular weight excluding hydrogens is 504 g/mol. The van der Waals surface area contributed by atoms with Gasteiger partial charge in [-0.15, -0.1) is 11.3 Å². The Hall–Kier alpha value is -2.39. The maximum Gasteiger partial charge on any atom is 0.243 e. The maximum atomic E-state index is 13.6. The molecule has 1 fully saturated rings. The number of ether oxygens (including phenoxy) is 1. The van der Waals surface area contributed by atoms with Gasteiger partial charge in [0.05, 0.1) is 17.5 Å². The number of sulfonamides is 1. The maximum absolute atomic E-state index is 13.6. The standard InChI is InChI=1S/C26H27ClN2O4S2/c1-18-2-10-22(11-3-18)35(31,32)29(20-6-7-20)16-26(30)28-14-12-25-23(13-15-34-25)24(28)17-33-21-8-4-19(27)5-9-21/h2-5,8-11,13,15,20,24H,6-7,12,14,16-17H2,1H3/t24-/m1/s1. The molecule has 2 aromatic carbocycles. The molecule has 35 heavy (non-hydrogen) atoms. The molecule has 5 rings (SSSR count). The zero-order valence-corrected chi connectivity index (χ0v) is 21.8. The van der Waals surface area contributed by atoms with Gasteiger partial charge in [0.1, 0.15) is 12.4 Å². The summed E-state index contributed by atoms with van der Waals surface area (Å²) in [6.45, 7) is 2.56. The third kappa shape index (κ3) is 5.26. The molecule has 1 atom stereocenters. The van der Waals surface area contributed by atoms with E-state index in [0.717, 1.165) is 30.4 Å². The van der Waals surface area contributed by atoms with E-state index >= 15 is 0 Å². The van der Waals surface area contributed by atoms with E-state index < -0.39 is 10.0 Å². The van der Waals surface area contributed by atoms with Crippen molar-refractivity contribution in [1.29, 1.82) is 0 Å². The number of halogens is 1. The molecule has 1 aliphatic carbocycles. The molecule has 1 aromatic heterocycles. The van der Waals surface area contributed by atoms with Crippen LogP contribution in [0.1, 0.15) is 34.9 Å². The second-order valence-electron chi connectivity index (χ2n) is 9.01. The first-order valence-electron chi connectivity index (χ1n) is 11.7. The lowest BCUT2D eigenvalue weighted by molar-refractivity contribution is -0.135. The topological polar surface area (TPSA) is 66.9 Å². The molecule has 6 nitrogen and oxygen atoms in total. The molecule has 2 aliphatic rings. The van der Waals surface area contributed by atoms with E-state index in [1.165, 1.54) is 9.18 Å². The smallest absolute Gasteiger partial charge is 0.243 e. The van der Waals surface area contributed by atoms with Crippen molar-refractivity contribution in [2.24, 2.45) is 0 Å². The average molecular weight is 531 g/mol. The molecule has 1 aliphatic heterocycles. The Balaban J connectivity index is 1.37. The van der Waals surface area contributed by atoms with Gasteiger partial charge in [-0.05, 0) is 79.6 Å². The summed E-state index contributed by atoms with van der Waals surface area (Å²) in [5.74, 6) is 0.472. The summed E-state index contributed by atoms with van der Waals surface area (Å²) >= 11 is 7.67. The van der Waals surface area contributed by atoms with Crippen molar-refractivity contribution in [2.75, 3.05) is 19.7 Å². The molecule has 0 N–H and O–H groups in total. The Kier molecular flexibility index (Phi) is 6.90. The van der Waals surface area contributed by atoms with Gasteiger partial charge in [-0.1, -0.05) is 29.3 Å². The molecule has 9 heteroatoms. The number of fused-ring (bicyclic) bond motifs is 1. The molecule has 0 spiro atoms. The van der Waals surface area contributed by atoms with Crippen LogP contribution in [0.25, 0.3) is 0 Å². The van der Waals surface area contributed by atoms with Crippen molar-refractivity contribution in [1.82, 2.24) is 9.21 Å². The molecular formula is C26H27ClN2O4S2. The van der Waals surface area contributed by atoms with Crippen LogP contribution in [0.5, 0.6) is 5.75 Å². The number of carbonyl (C=O) groups excluding carboxylic acids is 1. The Morgan fingerprint density at radius 1 is 1.11 bits per heavy atom. The van der Waals surface area contributed by atoms with Crippen LogP contribution in [0.3, 0.4) is 0 Å². The van der Waals surface area contributed by atoms with E-state index in [4.69, 9.17) is 16.3 Å². The van der Waals surface area contributed by atoms with Crippen LogP contribution in [0.15, 0.2) is 64.9 Å². The van der Waals surface area contributed by atoms with Gasteiger partial charge in [0.2, 0.25) is 15.9 Å². The second kappa shape index (κ2) is 9.93. The fourth-order valence-electron chi connectivity index (χ4n) is 4.42. The van der Waals surface area contributed by atoms with E-state index in [-0.39, 0.29) is 36.0 Å². The number of carbonyl (C=O) groups is 1. The normalized spacial score (nSPS) is 17.9. The largest absolute Gasteiger partial charge is 0.491 e. The van der Waals surface area contributed by atoms with Crippen LogP contribution < -0.4 is 4.74 Å². The van der Waals surface area contributed by atoms with E-state index in [2.05, 4.69) is 0 Å². The van der Waals surface area contributed by atoms with Gasteiger partial charge >= 0.3 is 0 Å². The number of amides is 1. The summed E-state index contributed by atoms with van der Waals surface area (Å²) in [6.07, 6.45) is 2.30. The Morgan fingerprint density at radius 2 is 1.83 bits per heavy atom. The van der Waals surface area contributed by atoms with Crippen LogP contribution in [0, 0.1) is 6.92 Å². The van der Waals surface area contributed by atoms with E-state index in [1.54, 1.807) is 64.8 Å². The van der Waals surface area contributed by atoms with E-state index in [9.17, 15) is 13.2 Å². The van der Waals surface area contributed by atoms with Gasteiger partial charge in [0.15, 0.2) is 0 Å². The van der Waals surface area contributed by atoms with Crippen LogP contribution in [-0.4, -0.2) is 49.3 Å².